The molecule has 0 saturated carbocycles. The quantitative estimate of drug-likeness (QED) is 0.441. The van der Waals surface area contributed by atoms with Crippen molar-refractivity contribution in [2.75, 3.05) is 13.7 Å². The number of alkyl carbamates (subject to hydrolysis) is 1. The Kier molecular flexibility index (Phi) is 11.9. The lowest BCUT2D eigenvalue weighted by Crippen LogP contribution is -2.55. The second kappa shape index (κ2) is 13.8. The minimum absolute atomic E-state index is 0.328. The van der Waals surface area contributed by atoms with Gasteiger partial charge in [-0.1, -0.05) is 38.1 Å². The molecule has 3 amide bonds. The summed E-state index contributed by atoms with van der Waals surface area (Å²) in [7, 11) is 1.24. The van der Waals surface area contributed by atoms with Gasteiger partial charge in [-0.05, 0) is 71.4 Å². The number of hydrogen-bond acceptors (Lipinski definition) is 6. The Balaban J connectivity index is 3.45. The molecule has 0 bridgehead atoms. The molecule has 1 aromatic carbocycles. The fraction of sp³-hybridized carbons (Fsp3) is 0.630. The van der Waals surface area contributed by atoms with Gasteiger partial charge >= 0.3 is 12.1 Å². The van der Waals surface area contributed by atoms with Gasteiger partial charge in [0.25, 0.3) is 0 Å². The van der Waals surface area contributed by atoms with Gasteiger partial charge in [0.2, 0.25) is 11.8 Å². The lowest BCUT2D eigenvalue weighted by molar-refractivity contribution is -0.146. The van der Waals surface area contributed by atoms with Crippen molar-refractivity contribution in [1.29, 1.82) is 0 Å². The average Bonchev–Trinajstić information content (AvgIpc) is 2.77. The normalized spacial score (nSPS) is 13.8. The number of methoxy groups -OCH3 is 1. The molecule has 1 rings (SSSR count). The van der Waals surface area contributed by atoms with Crippen molar-refractivity contribution >= 4 is 23.9 Å². The number of hydrogen-bond donors (Lipinski definition) is 2. The molecule has 9 nitrogen and oxygen atoms in total. The van der Waals surface area contributed by atoms with Crippen molar-refractivity contribution in [2.24, 2.45) is 5.92 Å². The summed E-state index contributed by atoms with van der Waals surface area (Å²) < 4.78 is 9.97. The molecule has 202 valence electrons. The molecule has 0 heterocycles. The van der Waals surface area contributed by atoms with Gasteiger partial charge in [-0.3, -0.25) is 14.4 Å². The van der Waals surface area contributed by atoms with Gasteiger partial charge in [0.05, 0.1) is 7.11 Å². The van der Waals surface area contributed by atoms with Crippen molar-refractivity contribution in [1.82, 2.24) is 15.5 Å². The molecule has 3 unspecified atom stereocenters. The van der Waals surface area contributed by atoms with Crippen LogP contribution in [-0.2, 0) is 23.9 Å². The first-order valence-corrected chi connectivity index (χ1v) is 12.4. The molecule has 9 heteroatoms. The number of carbonyl (C=O) groups is 4. The van der Waals surface area contributed by atoms with Crippen LogP contribution in [-0.4, -0.2) is 60.1 Å². The van der Waals surface area contributed by atoms with Gasteiger partial charge < -0.3 is 25.0 Å². The van der Waals surface area contributed by atoms with Gasteiger partial charge in [0.15, 0.2) is 0 Å². The molecule has 0 spiro atoms. The molecule has 0 saturated heterocycles. The van der Waals surface area contributed by atoms with Crippen molar-refractivity contribution in [3.8, 4) is 0 Å². The van der Waals surface area contributed by atoms with E-state index in [1.54, 1.807) is 39.8 Å². The molecule has 0 aliphatic rings. The highest BCUT2D eigenvalue weighted by molar-refractivity contribution is 5.93. The summed E-state index contributed by atoms with van der Waals surface area (Å²) in [6.07, 6.45) is 0.763. The molecule has 0 aromatic heterocycles. The number of aryl methyl sites for hydroxylation is 1. The number of ether oxygens (including phenoxy) is 2. The van der Waals surface area contributed by atoms with Crippen molar-refractivity contribution < 1.29 is 28.7 Å². The third kappa shape index (κ3) is 9.87. The maximum Gasteiger partial charge on any atom is 0.408 e. The zero-order valence-electron chi connectivity index (χ0n) is 23.1. The number of amides is 3. The minimum Gasteiger partial charge on any atom is -0.468 e. The topological polar surface area (TPSA) is 114 Å². The highest BCUT2D eigenvalue weighted by Gasteiger charge is 2.38. The first-order valence-electron chi connectivity index (χ1n) is 12.4. The summed E-state index contributed by atoms with van der Waals surface area (Å²) in [5.74, 6) is -1.15. The monoisotopic (exact) mass is 505 g/mol. The molecular weight excluding hydrogens is 462 g/mol. The summed E-state index contributed by atoms with van der Waals surface area (Å²) in [5.41, 5.74) is 0.723. The van der Waals surface area contributed by atoms with Crippen LogP contribution in [0.1, 0.15) is 78.5 Å². The molecule has 2 N–H and O–H groups in total. The number of esters is 1. The summed E-state index contributed by atoms with van der Waals surface area (Å²) in [6.45, 7) is 14.4. The van der Waals surface area contributed by atoms with Gasteiger partial charge in [0, 0.05) is 6.04 Å². The zero-order chi connectivity index (χ0) is 27.6. The fourth-order valence-electron chi connectivity index (χ4n) is 3.72. The Morgan fingerprint density at radius 3 is 2.14 bits per heavy atom. The zero-order valence-corrected chi connectivity index (χ0v) is 23.1. The van der Waals surface area contributed by atoms with E-state index in [1.807, 2.05) is 26.0 Å². The Bertz CT molecular complexity index is 909. The second-order valence-corrected chi connectivity index (χ2v) is 10.5. The highest BCUT2D eigenvalue weighted by Crippen LogP contribution is 2.29. The van der Waals surface area contributed by atoms with Gasteiger partial charge in [-0.25, -0.2) is 4.79 Å². The van der Waals surface area contributed by atoms with Crippen LogP contribution < -0.4 is 10.6 Å². The van der Waals surface area contributed by atoms with Crippen molar-refractivity contribution in [3.05, 3.63) is 35.4 Å². The lowest BCUT2D eigenvalue weighted by Gasteiger charge is -2.38. The van der Waals surface area contributed by atoms with Crippen LogP contribution in [0.3, 0.4) is 0 Å². The molecular formula is C27H43N3O6. The Morgan fingerprint density at radius 2 is 1.61 bits per heavy atom. The third-order valence-corrected chi connectivity index (χ3v) is 5.64. The van der Waals surface area contributed by atoms with E-state index in [1.165, 1.54) is 12.0 Å². The lowest BCUT2D eigenvalue weighted by atomic mass is 9.95. The molecule has 1 aromatic rings. The van der Waals surface area contributed by atoms with Gasteiger partial charge in [-0.2, -0.15) is 0 Å². The van der Waals surface area contributed by atoms with E-state index in [9.17, 15) is 19.2 Å². The number of benzene rings is 1. The van der Waals surface area contributed by atoms with Crippen LogP contribution >= 0.6 is 0 Å². The van der Waals surface area contributed by atoms with Crippen molar-refractivity contribution in [2.45, 2.75) is 92.0 Å². The predicted octanol–water partition coefficient (Wildman–Crippen LogP) is 3.89. The van der Waals surface area contributed by atoms with Crippen LogP contribution in [0.5, 0.6) is 0 Å². The fourth-order valence-corrected chi connectivity index (χ4v) is 3.72. The van der Waals surface area contributed by atoms with E-state index in [4.69, 9.17) is 4.74 Å². The summed E-state index contributed by atoms with van der Waals surface area (Å²) in [5, 5.41) is 5.20. The van der Waals surface area contributed by atoms with E-state index in [-0.39, 0.29) is 12.6 Å². The Morgan fingerprint density at radius 1 is 1.00 bits per heavy atom. The Labute approximate surface area is 215 Å². The Hall–Kier alpha value is -3.10. The van der Waals surface area contributed by atoms with E-state index in [0.717, 1.165) is 12.0 Å². The van der Waals surface area contributed by atoms with Crippen molar-refractivity contribution in [3.63, 3.8) is 0 Å². The maximum atomic E-state index is 13.8. The number of rotatable bonds is 11. The number of carbonyl (C=O) groups excluding carboxylic acids is 4. The largest absolute Gasteiger partial charge is 0.468 e. The van der Waals surface area contributed by atoms with E-state index in [0.29, 0.717) is 17.9 Å². The van der Waals surface area contributed by atoms with E-state index < -0.39 is 41.6 Å². The minimum atomic E-state index is -1.02. The molecule has 3 atom stereocenters. The van der Waals surface area contributed by atoms with Gasteiger partial charge in [-0.15, -0.1) is 0 Å². The number of nitrogens with one attached hydrogen (secondary N) is 2. The molecule has 0 radical (unpaired) electrons. The average molecular weight is 506 g/mol. The van der Waals surface area contributed by atoms with Gasteiger partial charge in [0.1, 0.15) is 24.2 Å². The van der Waals surface area contributed by atoms with Crippen LogP contribution in [0.4, 0.5) is 4.79 Å². The van der Waals surface area contributed by atoms with Crippen LogP contribution in [0.25, 0.3) is 0 Å². The maximum absolute atomic E-state index is 13.8. The molecule has 36 heavy (non-hydrogen) atoms. The van der Waals surface area contributed by atoms with Crippen LogP contribution in [0, 0.1) is 12.8 Å². The molecule has 0 fully saturated rings. The standard InChI is InChI=1S/C27H43N3O6/c1-17(2)14-15-19(4)30(25(33)20(5)29-26(34)36-27(6,7)8)23(21-13-11-10-12-18(21)3)24(32)28-16-22(31)35-9/h10-13,17,19-20,23H,14-16H2,1-9H3,(H,28,32)(H,29,34). The smallest absolute Gasteiger partial charge is 0.408 e. The summed E-state index contributed by atoms with van der Waals surface area (Å²) in [6, 6.07) is 4.99. The van der Waals surface area contributed by atoms with E-state index in [2.05, 4.69) is 29.2 Å². The third-order valence-electron chi connectivity index (χ3n) is 5.64. The van der Waals surface area contributed by atoms with Crippen LogP contribution in [0.15, 0.2) is 24.3 Å². The SMILES string of the molecule is COC(=O)CNC(=O)C(c1ccccc1C)N(C(=O)C(C)NC(=O)OC(C)(C)C)C(C)CCC(C)C. The molecule has 0 aliphatic carbocycles. The van der Waals surface area contributed by atoms with Crippen LogP contribution in [0.2, 0.25) is 0 Å². The summed E-state index contributed by atoms with van der Waals surface area (Å²) in [4.78, 5) is 53.0. The summed E-state index contributed by atoms with van der Waals surface area (Å²) >= 11 is 0. The predicted molar refractivity (Wildman–Crippen MR) is 138 cm³/mol. The molecule has 0 aliphatic heterocycles. The first kappa shape index (κ1) is 30.9. The highest BCUT2D eigenvalue weighted by atomic mass is 16.6. The first-order chi connectivity index (χ1) is 16.7. The number of nitrogens with zero attached hydrogens (tertiary/aromatic N) is 1. The van der Waals surface area contributed by atoms with E-state index >= 15 is 0 Å². The second-order valence-electron chi connectivity index (χ2n) is 10.5.